The van der Waals surface area contributed by atoms with E-state index in [4.69, 9.17) is 9.26 Å². The van der Waals surface area contributed by atoms with Gasteiger partial charge < -0.3 is 14.2 Å². The van der Waals surface area contributed by atoms with Gasteiger partial charge in [0.1, 0.15) is 0 Å². The van der Waals surface area contributed by atoms with E-state index in [-0.39, 0.29) is 12.5 Å². The first-order valence-corrected chi connectivity index (χ1v) is 5.90. The summed E-state index contributed by atoms with van der Waals surface area (Å²) >= 11 is 0. The number of hydrogen-bond acceptors (Lipinski definition) is 6. The van der Waals surface area contributed by atoms with Crippen LogP contribution in [0.15, 0.2) is 28.8 Å². The zero-order valence-electron chi connectivity index (χ0n) is 11.1. The molecule has 100 valence electrons. The number of rotatable bonds is 4. The van der Waals surface area contributed by atoms with Crippen molar-refractivity contribution < 1.29 is 14.1 Å². The molecule has 0 aliphatic carbocycles. The smallest absolute Gasteiger partial charge is 0.397 e. The summed E-state index contributed by atoms with van der Waals surface area (Å²) < 4.78 is 9.65. The van der Waals surface area contributed by atoms with Crippen LogP contribution in [0.4, 0.5) is 5.69 Å². The molecule has 2 aromatic rings. The molecule has 0 aliphatic rings. The lowest BCUT2D eigenvalue weighted by molar-refractivity contribution is 0.0470. The third-order valence-corrected chi connectivity index (χ3v) is 2.52. The normalized spacial score (nSPS) is 10.3. The van der Waals surface area contributed by atoms with Gasteiger partial charge in [-0.25, -0.2) is 4.79 Å². The highest BCUT2D eigenvalue weighted by atomic mass is 16.6. The summed E-state index contributed by atoms with van der Waals surface area (Å²) in [4.78, 5) is 17.4. The van der Waals surface area contributed by atoms with E-state index in [1.54, 1.807) is 6.92 Å². The molecule has 0 saturated heterocycles. The molecular weight excluding hydrogens is 246 g/mol. The van der Waals surface area contributed by atoms with Crippen molar-refractivity contribution in [1.29, 1.82) is 0 Å². The molecule has 0 amide bonds. The fourth-order valence-electron chi connectivity index (χ4n) is 1.53. The van der Waals surface area contributed by atoms with Crippen LogP contribution in [-0.4, -0.2) is 36.8 Å². The zero-order valence-corrected chi connectivity index (χ0v) is 11.1. The van der Waals surface area contributed by atoms with E-state index >= 15 is 0 Å². The second kappa shape index (κ2) is 5.51. The number of benzene rings is 1. The molecule has 6 nitrogen and oxygen atoms in total. The van der Waals surface area contributed by atoms with E-state index in [9.17, 15) is 4.79 Å². The van der Waals surface area contributed by atoms with Crippen LogP contribution >= 0.6 is 0 Å². The first-order valence-electron chi connectivity index (χ1n) is 5.90. The summed E-state index contributed by atoms with van der Waals surface area (Å²) in [6.45, 7) is 1.99. The van der Waals surface area contributed by atoms with Gasteiger partial charge in [0.25, 0.3) is 0 Å². The molecule has 0 unspecified atom stereocenters. The molecule has 0 fully saturated rings. The molecule has 0 atom stereocenters. The van der Waals surface area contributed by atoms with Gasteiger partial charge in [-0.2, -0.15) is 4.98 Å². The van der Waals surface area contributed by atoms with Crippen LogP contribution in [0.1, 0.15) is 17.6 Å². The molecule has 0 saturated carbocycles. The predicted molar refractivity (Wildman–Crippen MR) is 70.0 cm³/mol. The summed E-state index contributed by atoms with van der Waals surface area (Å²) in [6.07, 6.45) is 0. The summed E-state index contributed by atoms with van der Waals surface area (Å²) in [5, 5.41) is 3.76. The van der Waals surface area contributed by atoms with Gasteiger partial charge in [0.2, 0.25) is 5.82 Å². The number of aromatic nitrogens is 2. The third kappa shape index (κ3) is 2.90. The lowest BCUT2D eigenvalue weighted by atomic mass is 10.2. The Morgan fingerprint density at radius 2 is 2.00 bits per heavy atom. The van der Waals surface area contributed by atoms with Crippen molar-refractivity contribution in [3.05, 3.63) is 30.2 Å². The lowest BCUT2D eigenvalue weighted by Crippen LogP contribution is -2.08. The van der Waals surface area contributed by atoms with Crippen LogP contribution in [0.3, 0.4) is 0 Å². The lowest BCUT2D eigenvalue weighted by Gasteiger charge is -2.11. The maximum absolute atomic E-state index is 11.4. The highest BCUT2D eigenvalue weighted by Crippen LogP contribution is 2.20. The van der Waals surface area contributed by atoms with Gasteiger partial charge in [-0.3, -0.25) is 0 Å². The van der Waals surface area contributed by atoms with Crippen molar-refractivity contribution in [1.82, 2.24) is 10.1 Å². The van der Waals surface area contributed by atoms with Crippen LogP contribution in [-0.2, 0) is 4.74 Å². The Morgan fingerprint density at radius 3 is 2.58 bits per heavy atom. The van der Waals surface area contributed by atoms with Crippen LogP contribution in [0.5, 0.6) is 0 Å². The molecular formula is C13H15N3O3. The van der Waals surface area contributed by atoms with E-state index in [1.165, 1.54) is 0 Å². The van der Waals surface area contributed by atoms with E-state index in [0.29, 0.717) is 5.82 Å². The van der Waals surface area contributed by atoms with E-state index in [1.807, 2.05) is 43.3 Å². The number of ether oxygens (including phenoxy) is 1. The van der Waals surface area contributed by atoms with Crippen LogP contribution in [0, 0.1) is 0 Å². The summed E-state index contributed by atoms with van der Waals surface area (Å²) in [6, 6.07) is 7.62. The zero-order chi connectivity index (χ0) is 13.8. The Hall–Kier alpha value is -2.37. The highest BCUT2D eigenvalue weighted by Gasteiger charge is 2.16. The molecule has 1 aromatic carbocycles. The molecule has 0 N–H and O–H groups in total. The van der Waals surface area contributed by atoms with Gasteiger partial charge in [-0.05, 0) is 31.2 Å². The highest BCUT2D eigenvalue weighted by molar-refractivity contribution is 5.84. The van der Waals surface area contributed by atoms with Gasteiger partial charge in [-0.1, -0.05) is 5.16 Å². The minimum absolute atomic E-state index is 0.131. The second-order valence-electron chi connectivity index (χ2n) is 4.08. The van der Waals surface area contributed by atoms with Gasteiger partial charge >= 0.3 is 11.9 Å². The molecule has 0 bridgehead atoms. The number of nitrogens with zero attached hydrogens (tertiary/aromatic N) is 3. The van der Waals surface area contributed by atoms with Crippen LogP contribution in [0.25, 0.3) is 11.4 Å². The average molecular weight is 261 g/mol. The fraction of sp³-hybridized carbons (Fsp3) is 0.308. The number of carbonyl (C=O) groups is 1. The van der Waals surface area contributed by atoms with E-state index < -0.39 is 5.97 Å². The van der Waals surface area contributed by atoms with Gasteiger partial charge in [0.05, 0.1) is 6.61 Å². The van der Waals surface area contributed by atoms with E-state index in [2.05, 4.69) is 10.1 Å². The standard InChI is InChI=1S/C13H15N3O3/c1-4-18-13(17)12-14-11(15-19-12)9-5-7-10(8-6-9)16(2)3/h5-8H,4H2,1-3H3. The number of anilines is 1. The summed E-state index contributed by atoms with van der Waals surface area (Å²) in [5.74, 6) is -0.368. The molecule has 6 heteroatoms. The van der Waals surface area contributed by atoms with Crippen LogP contribution in [0.2, 0.25) is 0 Å². The largest absolute Gasteiger partial charge is 0.459 e. The van der Waals surface area contributed by atoms with Crippen molar-refractivity contribution in [3.8, 4) is 11.4 Å². The van der Waals surface area contributed by atoms with Gasteiger partial charge in [-0.15, -0.1) is 0 Å². The second-order valence-corrected chi connectivity index (χ2v) is 4.08. The molecule has 2 rings (SSSR count). The van der Waals surface area contributed by atoms with Crippen molar-refractivity contribution in [2.75, 3.05) is 25.6 Å². The topological polar surface area (TPSA) is 68.5 Å². The third-order valence-electron chi connectivity index (χ3n) is 2.52. The number of hydrogen-bond donors (Lipinski definition) is 0. The van der Waals surface area contributed by atoms with Gasteiger partial charge in [0.15, 0.2) is 0 Å². The number of esters is 1. The summed E-state index contributed by atoms with van der Waals surface area (Å²) in [7, 11) is 3.92. The molecule has 19 heavy (non-hydrogen) atoms. The minimum atomic E-state index is -0.605. The molecule has 0 spiro atoms. The fourth-order valence-corrected chi connectivity index (χ4v) is 1.53. The molecule has 0 aliphatic heterocycles. The first kappa shape index (κ1) is 13.1. The average Bonchev–Trinajstić information content (AvgIpc) is 2.89. The minimum Gasteiger partial charge on any atom is -0.459 e. The SMILES string of the molecule is CCOC(=O)c1nc(-c2ccc(N(C)C)cc2)no1. The quantitative estimate of drug-likeness (QED) is 0.784. The maximum Gasteiger partial charge on any atom is 0.397 e. The predicted octanol–water partition coefficient (Wildman–Crippen LogP) is 1.98. The van der Waals surface area contributed by atoms with E-state index in [0.717, 1.165) is 11.3 Å². The number of carbonyl (C=O) groups excluding carboxylic acids is 1. The Labute approximate surface area is 111 Å². The Morgan fingerprint density at radius 1 is 1.32 bits per heavy atom. The Bertz CT molecular complexity index is 561. The van der Waals surface area contributed by atoms with Crippen LogP contribution < -0.4 is 4.90 Å². The Balaban J connectivity index is 2.20. The Kier molecular flexibility index (Phi) is 3.79. The van der Waals surface area contributed by atoms with Gasteiger partial charge in [0, 0.05) is 25.3 Å². The van der Waals surface area contributed by atoms with Crippen molar-refractivity contribution >= 4 is 11.7 Å². The summed E-state index contributed by atoms with van der Waals surface area (Å²) in [5.41, 5.74) is 1.85. The van der Waals surface area contributed by atoms with Crippen molar-refractivity contribution in [2.45, 2.75) is 6.92 Å². The maximum atomic E-state index is 11.4. The molecule has 0 radical (unpaired) electrons. The molecule has 1 heterocycles. The van der Waals surface area contributed by atoms with Crippen molar-refractivity contribution in [2.24, 2.45) is 0 Å². The monoisotopic (exact) mass is 261 g/mol. The van der Waals surface area contributed by atoms with Crippen molar-refractivity contribution in [3.63, 3.8) is 0 Å². The molecule has 1 aromatic heterocycles. The first-order chi connectivity index (χ1) is 9.11.